The van der Waals surface area contributed by atoms with Crippen LogP contribution in [0.5, 0.6) is 5.75 Å². The number of aromatic nitrogens is 1. The van der Waals surface area contributed by atoms with Gasteiger partial charge in [0.1, 0.15) is 23.7 Å². The third-order valence-electron chi connectivity index (χ3n) is 8.82. The minimum absolute atomic E-state index is 0.101. The highest BCUT2D eigenvalue weighted by Crippen LogP contribution is 2.34. The Kier molecular flexibility index (Phi) is 9.33. The summed E-state index contributed by atoms with van der Waals surface area (Å²) in [6.45, 7) is 2.33. The van der Waals surface area contributed by atoms with E-state index in [0.29, 0.717) is 61.6 Å². The standard InChI is InChI=1S/C34H36FN5O5S/c35-30-22-39(21-24-3-1-23(19-36)2-4-24)16-15-31(30)38-33(41)25-5-12-32(37-20-25)34(42)40-17-13-27(14-18-40)45-26-6-8-28(9-7-26)46(43,44)29-10-11-29/h1-9,12,20,27,29-31H,10-11,13-18,21-22H2,(H,38,41). The van der Waals surface area contributed by atoms with E-state index in [-0.39, 0.29) is 35.1 Å². The second kappa shape index (κ2) is 13.6. The molecule has 2 atom stereocenters. The van der Waals surface area contributed by atoms with Crippen molar-refractivity contribution in [3.8, 4) is 11.8 Å². The van der Waals surface area contributed by atoms with Gasteiger partial charge in [-0.1, -0.05) is 12.1 Å². The predicted octanol–water partition coefficient (Wildman–Crippen LogP) is 3.92. The van der Waals surface area contributed by atoms with Gasteiger partial charge < -0.3 is 15.0 Å². The van der Waals surface area contributed by atoms with Crippen LogP contribution in [0.2, 0.25) is 0 Å². The van der Waals surface area contributed by atoms with Crippen LogP contribution >= 0.6 is 0 Å². The highest BCUT2D eigenvalue weighted by atomic mass is 32.2. The average molecular weight is 646 g/mol. The highest BCUT2D eigenvalue weighted by Gasteiger charge is 2.37. The molecule has 1 N–H and O–H groups in total. The van der Waals surface area contributed by atoms with Crippen molar-refractivity contribution >= 4 is 21.7 Å². The molecule has 3 fully saturated rings. The number of carbonyl (C=O) groups excluding carboxylic acids is 2. The number of pyridine rings is 1. The molecule has 12 heteroatoms. The summed E-state index contributed by atoms with van der Waals surface area (Å²) in [7, 11) is -3.24. The molecule has 1 aromatic heterocycles. The molecule has 0 radical (unpaired) electrons. The van der Waals surface area contributed by atoms with Crippen LogP contribution in [0.25, 0.3) is 0 Å². The number of nitriles is 1. The van der Waals surface area contributed by atoms with E-state index >= 15 is 4.39 Å². The number of sulfone groups is 1. The smallest absolute Gasteiger partial charge is 0.272 e. The summed E-state index contributed by atoms with van der Waals surface area (Å²) < 4.78 is 45.9. The van der Waals surface area contributed by atoms with Gasteiger partial charge in [-0.15, -0.1) is 0 Å². The van der Waals surface area contributed by atoms with Crippen LogP contribution in [0.4, 0.5) is 4.39 Å². The number of rotatable bonds is 9. The first-order valence-corrected chi connectivity index (χ1v) is 17.2. The molecule has 1 aliphatic carbocycles. The Morgan fingerprint density at radius 2 is 1.67 bits per heavy atom. The largest absolute Gasteiger partial charge is 0.490 e. The van der Waals surface area contributed by atoms with Gasteiger partial charge in [0.25, 0.3) is 11.8 Å². The van der Waals surface area contributed by atoms with Gasteiger partial charge in [0.2, 0.25) is 0 Å². The second-order valence-corrected chi connectivity index (χ2v) is 14.4. The number of nitrogens with one attached hydrogen (secondary N) is 1. The molecule has 3 heterocycles. The molecule has 2 unspecified atom stereocenters. The van der Waals surface area contributed by atoms with Gasteiger partial charge >= 0.3 is 0 Å². The van der Waals surface area contributed by atoms with Crippen LogP contribution in [-0.4, -0.2) is 84.8 Å². The number of carbonyl (C=O) groups is 2. The van der Waals surface area contributed by atoms with Crippen LogP contribution in [0.1, 0.15) is 64.1 Å². The van der Waals surface area contributed by atoms with E-state index in [2.05, 4.69) is 16.4 Å². The predicted molar refractivity (Wildman–Crippen MR) is 168 cm³/mol. The third kappa shape index (κ3) is 7.37. The molecule has 10 nitrogen and oxygen atoms in total. The van der Waals surface area contributed by atoms with Crippen molar-refractivity contribution in [2.45, 2.75) is 67.1 Å². The number of alkyl halides is 1. The molecule has 2 aliphatic heterocycles. The van der Waals surface area contributed by atoms with Crippen molar-refractivity contribution < 1.29 is 27.1 Å². The third-order valence-corrected chi connectivity index (χ3v) is 11.1. The van der Waals surface area contributed by atoms with Crippen LogP contribution in [0.15, 0.2) is 71.8 Å². The Hall–Kier alpha value is -4.34. The Labute approximate surface area is 268 Å². The Balaban J connectivity index is 0.946. The molecule has 3 aliphatic rings. The maximum atomic E-state index is 15.0. The lowest BCUT2D eigenvalue weighted by Crippen LogP contribution is -2.52. The number of amides is 2. The lowest BCUT2D eigenvalue weighted by Gasteiger charge is -2.35. The van der Waals surface area contributed by atoms with Crippen molar-refractivity contribution in [1.29, 1.82) is 5.26 Å². The van der Waals surface area contributed by atoms with Crippen molar-refractivity contribution in [3.05, 3.63) is 89.2 Å². The first kappa shape index (κ1) is 31.6. The molecular weight excluding hydrogens is 609 g/mol. The van der Waals surface area contributed by atoms with E-state index in [9.17, 15) is 18.0 Å². The number of benzene rings is 2. The van der Waals surface area contributed by atoms with Gasteiger partial charge in [-0.3, -0.25) is 19.5 Å². The Morgan fingerprint density at radius 1 is 0.957 bits per heavy atom. The van der Waals surface area contributed by atoms with Crippen molar-refractivity contribution in [1.82, 2.24) is 20.1 Å². The molecule has 240 valence electrons. The van der Waals surface area contributed by atoms with Gasteiger partial charge in [0.05, 0.1) is 33.4 Å². The van der Waals surface area contributed by atoms with Crippen LogP contribution in [-0.2, 0) is 16.4 Å². The first-order valence-electron chi connectivity index (χ1n) is 15.6. The maximum Gasteiger partial charge on any atom is 0.272 e. The number of hydrogen-bond donors (Lipinski definition) is 1. The number of nitrogens with zero attached hydrogens (tertiary/aromatic N) is 4. The summed E-state index contributed by atoms with van der Waals surface area (Å²) in [6.07, 6.45) is 3.14. The van der Waals surface area contributed by atoms with E-state index in [1.165, 1.54) is 18.3 Å². The fourth-order valence-corrected chi connectivity index (χ4v) is 7.59. The minimum Gasteiger partial charge on any atom is -0.490 e. The lowest BCUT2D eigenvalue weighted by atomic mass is 10.0. The first-order chi connectivity index (χ1) is 22.2. The minimum atomic E-state index is -3.24. The number of ether oxygens (including phenoxy) is 1. The Morgan fingerprint density at radius 3 is 2.28 bits per heavy atom. The number of hydrogen-bond acceptors (Lipinski definition) is 8. The molecule has 46 heavy (non-hydrogen) atoms. The summed E-state index contributed by atoms with van der Waals surface area (Å²) in [6, 6.07) is 18.3. The van der Waals surface area contributed by atoms with Gasteiger partial charge in [-0.2, -0.15) is 5.26 Å². The topological polar surface area (TPSA) is 133 Å². The maximum absolute atomic E-state index is 15.0. The quantitative estimate of drug-likeness (QED) is 0.371. The zero-order valence-corrected chi connectivity index (χ0v) is 26.2. The zero-order valence-electron chi connectivity index (χ0n) is 25.3. The van der Waals surface area contributed by atoms with Gasteiger partial charge in [0, 0.05) is 51.8 Å². The molecule has 2 aromatic carbocycles. The summed E-state index contributed by atoms with van der Waals surface area (Å²) in [4.78, 5) is 34.2. The Bertz CT molecular complexity index is 1700. The fraction of sp³-hybridized carbons (Fsp3) is 0.412. The normalized spacial score (nSPS) is 20.9. The van der Waals surface area contributed by atoms with E-state index in [1.54, 1.807) is 41.3 Å². The van der Waals surface area contributed by atoms with E-state index < -0.39 is 28.0 Å². The zero-order chi connectivity index (χ0) is 32.3. The van der Waals surface area contributed by atoms with Gasteiger partial charge in [-0.05, 0) is 73.4 Å². The second-order valence-electron chi connectivity index (χ2n) is 12.2. The van der Waals surface area contributed by atoms with Crippen LogP contribution in [0, 0.1) is 11.3 Å². The molecule has 0 spiro atoms. The van der Waals surface area contributed by atoms with Gasteiger partial charge in [-0.25, -0.2) is 12.8 Å². The number of likely N-dealkylation sites (tertiary alicyclic amines) is 2. The monoisotopic (exact) mass is 645 g/mol. The van der Waals surface area contributed by atoms with Crippen molar-refractivity contribution in [3.63, 3.8) is 0 Å². The molecular formula is C34H36FN5O5S. The van der Waals surface area contributed by atoms with Crippen molar-refractivity contribution in [2.24, 2.45) is 0 Å². The summed E-state index contributed by atoms with van der Waals surface area (Å²) in [5.41, 5.74) is 2.06. The van der Waals surface area contributed by atoms with Crippen LogP contribution in [0.3, 0.4) is 0 Å². The van der Waals surface area contributed by atoms with E-state index in [1.807, 2.05) is 17.0 Å². The van der Waals surface area contributed by atoms with Crippen molar-refractivity contribution in [2.75, 3.05) is 26.2 Å². The molecule has 2 amide bonds. The number of halogens is 1. The molecule has 6 rings (SSSR count). The summed E-state index contributed by atoms with van der Waals surface area (Å²) >= 11 is 0. The van der Waals surface area contributed by atoms with Gasteiger partial charge in [0.15, 0.2) is 9.84 Å². The van der Waals surface area contributed by atoms with E-state index in [0.717, 1.165) is 18.4 Å². The summed E-state index contributed by atoms with van der Waals surface area (Å²) in [5.74, 6) is -0.0721. The van der Waals surface area contributed by atoms with E-state index in [4.69, 9.17) is 10.00 Å². The summed E-state index contributed by atoms with van der Waals surface area (Å²) in [5, 5.41) is 11.5. The SMILES string of the molecule is N#Cc1ccc(CN2CCC(NC(=O)c3ccc(C(=O)N4CCC(Oc5ccc(S(=O)(=O)C6CC6)cc5)CC4)nc3)C(F)C2)cc1. The molecule has 2 saturated heterocycles. The average Bonchev–Trinajstić information content (AvgIpc) is 3.94. The lowest BCUT2D eigenvalue weighted by molar-refractivity contribution is 0.0589. The fourth-order valence-electron chi connectivity index (χ4n) is 5.93. The molecule has 1 saturated carbocycles. The van der Waals surface area contributed by atoms with Crippen LogP contribution < -0.4 is 10.1 Å². The highest BCUT2D eigenvalue weighted by molar-refractivity contribution is 7.92. The number of piperidine rings is 2. The molecule has 0 bridgehead atoms. The molecule has 3 aromatic rings.